The van der Waals surface area contributed by atoms with E-state index in [0.29, 0.717) is 5.78 Å². The van der Waals surface area contributed by atoms with Crippen molar-refractivity contribution >= 4 is 5.78 Å². The number of fused-ring (bicyclic) bond motifs is 1. The molecule has 2 heterocycles. The summed E-state index contributed by atoms with van der Waals surface area (Å²) < 4.78 is 1.84. The summed E-state index contributed by atoms with van der Waals surface area (Å²) in [6, 6.07) is 27.4. The van der Waals surface area contributed by atoms with E-state index in [1.54, 1.807) is 12.1 Å². The molecule has 0 fully saturated rings. The first-order chi connectivity index (χ1) is 14.2. The molecule has 0 aliphatic carbocycles. The molecule has 0 aliphatic rings. The van der Waals surface area contributed by atoms with Crippen LogP contribution in [0.5, 0.6) is 5.75 Å². The van der Waals surface area contributed by atoms with E-state index in [-0.39, 0.29) is 5.75 Å². The number of hydrogen-bond acceptors (Lipinski definition) is 3. The van der Waals surface area contributed by atoms with Gasteiger partial charge in [-0.3, -0.25) is 0 Å². The summed E-state index contributed by atoms with van der Waals surface area (Å²) in [6.45, 7) is 2.00. The average Bonchev–Trinajstić information content (AvgIpc) is 3.10. The smallest absolute Gasteiger partial charge is 0.421 e. The maximum absolute atomic E-state index is 9.59. The van der Waals surface area contributed by atoms with Gasteiger partial charge >= 0.3 is 5.78 Å². The van der Waals surface area contributed by atoms with Gasteiger partial charge in [0, 0.05) is 16.7 Å². The zero-order valence-electron chi connectivity index (χ0n) is 15.9. The van der Waals surface area contributed by atoms with Crippen LogP contribution in [0.3, 0.4) is 0 Å². The molecular formula is C24H19N4O+. The van der Waals surface area contributed by atoms with Crippen molar-refractivity contribution in [3.8, 4) is 39.5 Å². The monoisotopic (exact) mass is 379 g/mol. The fraction of sp³-hybridized carbons (Fsp3) is 0.0417. The Hall–Kier alpha value is -3.99. The molecule has 29 heavy (non-hydrogen) atoms. The van der Waals surface area contributed by atoms with Crippen LogP contribution in [0.15, 0.2) is 84.9 Å². The third kappa shape index (κ3) is 3.02. The number of H-pyrrole nitrogens is 1. The SMILES string of the molecule is Cc1c(-c2ccc(O)cc2)nc2[nH+]c(-c3ccccc3)c(-c3ccccc3)nn12. The molecule has 5 nitrogen and oxygen atoms in total. The Morgan fingerprint density at radius 2 is 1.31 bits per heavy atom. The summed E-state index contributed by atoms with van der Waals surface area (Å²) in [6.07, 6.45) is 0. The topological polar surface area (TPSA) is 64.6 Å². The fourth-order valence-corrected chi connectivity index (χ4v) is 3.52. The number of benzene rings is 3. The highest BCUT2D eigenvalue weighted by Gasteiger charge is 2.24. The summed E-state index contributed by atoms with van der Waals surface area (Å²) in [5.74, 6) is 0.904. The molecule has 2 N–H and O–H groups in total. The van der Waals surface area contributed by atoms with Crippen molar-refractivity contribution in [3.05, 3.63) is 90.6 Å². The molecule has 0 atom stereocenters. The van der Waals surface area contributed by atoms with Crippen molar-refractivity contribution in [2.75, 3.05) is 0 Å². The molecule has 2 aromatic heterocycles. The zero-order valence-corrected chi connectivity index (χ0v) is 15.9. The molecule has 3 aromatic carbocycles. The van der Waals surface area contributed by atoms with Gasteiger partial charge in [-0.15, -0.1) is 9.61 Å². The highest BCUT2D eigenvalue weighted by Crippen LogP contribution is 2.29. The lowest BCUT2D eigenvalue weighted by Gasteiger charge is -2.06. The number of phenolic OH excluding ortho intramolecular Hbond substituents is 1. The van der Waals surface area contributed by atoms with Crippen molar-refractivity contribution < 1.29 is 10.1 Å². The lowest BCUT2D eigenvalue weighted by Crippen LogP contribution is -2.17. The minimum Gasteiger partial charge on any atom is -0.508 e. The van der Waals surface area contributed by atoms with Crippen molar-refractivity contribution in [1.29, 1.82) is 0 Å². The van der Waals surface area contributed by atoms with E-state index in [4.69, 9.17) is 10.1 Å². The summed E-state index contributed by atoms with van der Waals surface area (Å²) in [5.41, 5.74) is 6.56. The predicted molar refractivity (Wildman–Crippen MR) is 112 cm³/mol. The minimum absolute atomic E-state index is 0.234. The van der Waals surface area contributed by atoms with Gasteiger partial charge in [-0.1, -0.05) is 65.6 Å². The van der Waals surface area contributed by atoms with Crippen LogP contribution in [0.25, 0.3) is 39.5 Å². The minimum atomic E-state index is 0.234. The number of imidazole rings is 1. The van der Waals surface area contributed by atoms with Crippen LogP contribution in [-0.4, -0.2) is 19.7 Å². The number of aromatic nitrogens is 4. The lowest BCUT2D eigenvalue weighted by atomic mass is 10.0. The first kappa shape index (κ1) is 17.1. The number of rotatable bonds is 3. The van der Waals surface area contributed by atoms with Crippen LogP contribution in [0.1, 0.15) is 5.69 Å². The summed E-state index contributed by atoms with van der Waals surface area (Å²) in [4.78, 5) is 8.29. The second kappa shape index (κ2) is 6.87. The molecule has 0 radical (unpaired) electrons. The number of hydrogen-bond donors (Lipinski definition) is 1. The lowest BCUT2D eigenvalue weighted by molar-refractivity contribution is -0.340. The maximum atomic E-state index is 9.59. The van der Waals surface area contributed by atoms with Crippen molar-refractivity contribution in [2.45, 2.75) is 6.92 Å². The second-order valence-corrected chi connectivity index (χ2v) is 6.91. The summed E-state index contributed by atoms with van der Waals surface area (Å²) in [5, 5.41) is 14.6. The molecule has 5 heteroatoms. The van der Waals surface area contributed by atoms with E-state index in [0.717, 1.165) is 39.5 Å². The van der Waals surface area contributed by atoms with Gasteiger partial charge in [-0.25, -0.2) is 4.98 Å². The van der Waals surface area contributed by atoms with Gasteiger partial charge < -0.3 is 5.11 Å². The zero-order chi connectivity index (χ0) is 19.8. The van der Waals surface area contributed by atoms with E-state index < -0.39 is 0 Å². The summed E-state index contributed by atoms with van der Waals surface area (Å²) in [7, 11) is 0. The standard InChI is InChI=1S/C24H18N4O/c1-16-21(19-12-14-20(29)15-13-19)25-24-26-22(17-8-4-2-5-9-17)23(27-28(16)24)18-10-6-3-7-11-18/h2-15,29H,1H3/p+1. The highest BCUT2D eigenvalue weighted by molar-refractivity contribution is 5.76. The Balaban J connectivity index is 1.78. The maximum Gasteiger partial charge on any atom is 0.421 e. The van der Waals surface area contributed by atoms with Gasteiger partial charge in [0.25, 0.3) is 0 Å². The molecule has 5 rings (SSSR count). The molecular weight excluding hydrogens is 360 g/mol. The molecule has 0 aliphatic heterocycles. The van der Waals surface area contributed by atoms with Crippen molar-refractivity contribution in [2.24, 2.45) is 0 Å². The number of aryl methyl sites for hydroxylation is 1. The average molecular weight is 379 g/mol. The quantitative estimate of drug-likeness (QED) is 0.500. The third-order valence-electron chi connectivity index (χ3n) is 5.00. The van der Waals surface area contributed by atoms with Gasteiger partial charge in [0.05, 0.1) is 0 Å². The van der Waals surface area contributed by atoms with Crippen LogP contribution >= 0.6 is 0 Å². The van der Waals surface area contributed by atoms with E-state index in [1.807, 2.05) is 60.0 Å². The number of aromatic amines is 1. The van der Waals surface area contributed by atoms with Crippen LogP contribution in [0, 0.1) is 6.92 Å². The van der Waals surface area contributed by atoms with Gasteiger partial charge in [0.15, 0.2) is 5.69 Å². The number of aromatic hydroxyl groups is 1. The molecule has 0 saturated carbocycles. The normalized spacial score (nSPS) is 11.1. The largest absolute Gasteiger partial charge is 0.508 e. The van der Waals surface area contributed by atoms with Crippen molar-refractivity contribution in [3.63, 3.8) is 0 Å². The van der Waals surface area contributed by atoms with Crippen molar-refractivity contribution in [1.82, 2.24) is 14.6 Å². The number of nitrogens with one attached hydrogen (secondary N) is 1. The number of phenols is 1. The van der Waals surface area contributed by atoms with Crippen LogP contribution in [0.4, 0.5) is 0 Å². The van der Waals surface area contributed by atoms with Crippen LogP contribution in [0.2, 0.25) is 0 Å². The molecule has 0 bridgehead atoms. The third-order valence-corrected chi connectivity index (χ3v) is 5.00. The van der Waals surface area contributed by atoms with Crippen LogP contribution in [-0.2, 0) is 0 Å². The van der Waals surface area contributed by atoms with Gasteiger partial charge in [-0.2, -0.15) is 0 Å². The van der Waals surface area contributed by atoms with E-state index >= 15 is 0 Å². The predicted octanol–water partition coefficient (Wildman–Crippen LogP) is 4.56. The van der Waals surface area contributed by atoms with E-state index in [9.17, 15) is 5.11 Å². The Bertz CT molecular complexity index is 1290. The molecule has 0 spiro atoms. The Morgan fingerprint density at radius 3 is 1.97 bits per heavy atom. The molecule has 140 valence electrons. The molecule has 0 saturated heterocycles. The summed E-state index contributed by atoms with van der Waals surface area (Å²) >= 11 is 0. The fourth-order valence-electron chi connectivity index (χ4n) is 3.52. The number of nitrogens with zero attached hydrogens (tertiary/aromatic N) is 3. The van der Waals surface area contributed by atoms with Gasteiger partial charge in [0.2, 0.25) is 0 Å². The Labute approximate surface area is 168 Å². The molecule has 5 aromatic rings. The van der Waals surface area contributed by atoms with Gasteiger partial charge in [0.1, 0.15) is 22.8 Å². The second-order valence-electron chi connectivity index (χ2n) is 6.91. The molecule has 0 unspecified atom stereocenters. The first-order valence-corrected chi connectivity index (χ1v) is 9.43. The first-order valence-electron chi connectivity index (χ1n) is 9.43. The van der Waals surface area contributed by atoms with Crippen LogP contribution < -0.4 is 4.98 Å². The molecule has 0 amide bonds. The van der Waals surface area contributed by atoms with Gasteiger partial charge in [-0.05, 0) is 31.2 Å². The Kier molecular flexibility index (Phi) is 4.06. The Morgan fingerprint density at radius 1 is 0.724 bits per heavy atom. The highest BCUT2D eigenvalue weighted by atomic mass is 16.3. The van der Waals surface area contributed by atoms with E-state index in [2.05, 4.69) is 29.2 Å². The van der Waals surface area contributed by atoms with E-state index in [1.165, 1.54) is 0 Å².